The van der Waals surface area contributed by atoms with Gasteiger partial charge in [0.25, 0.3) is 0 Å². The first-order valence-corrected chi connectivity index (χ1v) is 7.70. The number of likely N-dealkylation sites (N-methyl/N-ethyl adjacent to an activating group) is 1. The van der Waals surface area contributed by atoms with Gasteiger partial charge in [-0.2, -0.15) is 0 Å². The predicted molar refractivity (Wildman–Crippen MR) is 86.1 cm³/mol. The van der Waals surface area contributed by atoms with Crippen LogP contribution in [0.1, 0.15) is 43.6 Å². The van der Waals surface area contributed by atoms with Gasteiger partial charge in [0.05, 0.1) is 6.10 Å². The SMILES string of the molecule is CCN(CC)CCNC(C)C(O)c1ccc(C)cc1C. The lowest BCUT2D eigenvalue weighted by Gasteiger charge is -2.24. The molecule has 2 N–H and O–H groups in total. The van der Waals surface area contributed by atoms with Crippen LogP contribution in [0.15, 0.2) is 18.2 Å². The number of nitrogens with zero attached hydrogens (tertiary/aromatic N) is 1. The van der Waals surface area contributed by atoms with Crippen molar-refractivity contribution >= 4 is 0 Å². The fourth-order valence-electron chi connectivity index (χ4n) is 2.53. The molecule has 2 unspecified atom stereocenters. The van der Waals surface area contributed by atoms with Gasteiger partial charge in [-0.3, -0.25) is 0 Å². The van der Waals surface area contributed by atoms with Crippen LogP contribution < -0.4 is 5.32 Å². The maximum atomic E-state index is 10.5. The average Bonchev–Trinajstić information content (AvgIpc) is 2.42. The van der Waals surface area contributed by atoms with Gasteiger partial charge in [-0.05, 0) is 45.0 Å². The van der Waals surface area contributed by atoms with E-state index in [1.165, 1.54) is 5.56 Å². The summed E-state index contributed by atoms with van der Waals surface area (Å²) in [5.74, 6) is 0. The van der Waals surface area contributed by atoms with Crippen molar-refractivity contribution in [3.8, 4) is 0 Å². The van der Waals surface area contributed by atoms with Gasteiger partial charge >= 0.3 is 0 Å². The van der Waals surface area contributed by atoms with Gasteiger partial charge in [-0.1, -0.05) is 37.6 Å². The molecule has 0 saturated carbocycles. The normalized spacial score (nSPS) is 14.6. The summed E-state index contributed by atoms with van der Waals surface area (Å²) in [6.45, 7) is 14.6. The van der Waals surface area contributed by atoms with Crippen molar-refractivity contribution in [1.82, 2.24) is 10.2 Å². The molecular formula is C17H30N2O. The second-order valence-electron chi connectivity index (χ2n) is 5.57. The van der Waals surface area contributed by atoms with Gasteiger partial charge in [0.2, 0.25) is 0 Å². The van der Waals surface area contributed by atoms with Crippen molar-refractivity contribution in [2.45, 2.75) is 46.8 Å². The lowest BCUT2D eigenvalue weighted by Crippen LogP contribution is -2.38. The smallest absolute Gasteiger partial charge is 0.0942 e. The largest absolute Gasteiger partial charge is 0.387 e. The molecule has 1 rings (SSSR count). The molecule has 0 spiro atoms. The Kier molecular flexibility index (Phi) is 7.20. The van der Waals surface area contributed by atoms with E-state index in [-0.39, 0.29) is 6.04 Å². The molecule has 0 aliphatic carbocycles. The second kappa shape index (κ2) is 8.40. The van der Waals surface area contributed by atoms with Crippen LogP contribution in [-0.4, -0.2) is 42.2 Å². The van der Waals surface area contributed by atoms with E-state index in [9.17, 15) is 5.11 Å². The summed E-state index contributed by atoms with van der Waals surface area (Å²) >= 11 is 0. The highest BCUT2D eigenvalue weighted by atomic mass is 16.3. The fourth-order valence-corrected chi connectivity index (χ4v) is 2.53. The molecule has 0 saturated heterocycles. The third-order valence-corrected chi connectivity index (χ3v) is 4.01. The van der Waals surface area contributed by atoms with E-state index in [1.54, 1.807) is 0 Å². The zero-order valence-electron chi connectivity index (χ0n) is 13.6. The highest BCUT2D eigenvalue weighted by Crippen LogP contribution is 2.21. The standard InChI is InChI=1S/C17H30N2O/c1-6-19(7-2)11-10-18-15(5)17(20)16-9-8-13(3)12-14(16)4/h8-9,12,15,17-18,20H,6-7,10-11H2,1-5H3. The maximum absolute atomic E-state index is 10.5. The summed E-state index contributed by atoms with van der Waals surface area (Å²) in [5, 5.41) is 13.9. The first-order chi connectivity index (χ1) is 9.49. The van der Waals surface area contributed by atoms with Crippen molar-refractivity contribution in [2.24, 2.45) is 0 Å². The van der Waals surface area contributed by atoms with Crippen LogP contribution in [0.5, 0.6) is 0 Å². The zero-order chi connectivity index (χ0) is 15.1. The van der Waals surface area contributed by atoms with Crippen LogP contribution in [0, 0.1) is 13.8 Å². The van der Waals surface area contributed by atoms with Crippen LogP contribution >= 0.6 is 0 Å². The van der Waals surface area contributed by atoms with E-state index in [0.717, 1.165) is 37.3 Å². The van der Waals surface area contributed by atoms with Crippen LogP contribution in [0.3, 0.4) is 0 Å². The molecule has 3 heteroatoms. The zero-order valence-corrected chi connectivity index (χ0v) is 13.6. The van der Waals surface area contributed by atoms with Crippen molar-refractivity contribution in [1.29, 1.82) is 0 Å². The second-order valence-corrected chi connectivity index (χ2v) is 5.57. The minimum atomic E-state index is -0.452. The van der Waals surface area contributed by atoms with E-state index in [4.69, 9.17) is 0 Å². The van der Waals surface area contributed by atoms with Gasteiger partial charge in [0.15, 0.2) is 0 Å². The molecule has 0 aromatic heterocycles. The minimum Gasteiger partial charge on any atom is -0.387 e. The third-order valence-electron chi connectivity index (χ3n) is 4.01. The first kappa shape index (κ1) is 17.2. The molecule has 0 aliphatic heterocycles. The molecule has 0 fully saturated rings. The number of nitrogens with one attached hydrogen (secondary N) is 1. The molecule has 20 heavy (non-hydrogen) atoms. The molecule has 2 atom stereocenters. The van der Waals surface area contributed by atoms with E-state index in [1.807, 2.05) is 13.0 Å². The summed E-state index contributed by atoms with van der Waals surface area (Å²) in [6.07, 6.45) is -0.452. The number of hydrogen-bond donors (Lipinski definition) is 2. The Morgan fingerprint density at radius 2 is 1.85 bits per heavy atom. The van der Waals surface area contributed by atoms with Gasteiger partial charge in [0, 0.05) is 19.1 Å². The topological polar surface area (TPSA) is 35.5 Å². The van der Waals surface area contributed by atoms with E-state index >= 15 is 0 Å². The molecule has 3 nitrogen and oxygen atoms in total. The summed E-state index contributed by atoms with van der Waals surface area (Å²) in [6, 6.07) is 6.29. The Labute approximate surface area is 124 Å². The van der Waals surface area contributed by atoms with Crippen molar-refractivity contribution in [2.75, 3.05) is 26.2 Å². The van der Waals surface area contributed by atoms with Gasteiger partial charge in [-0.25, -0.2) is 0 Å². The Hall–Kier alpha value is -0.900. The quantitative estimate of drug-likeness (QED) is 0.767. The lowest BCUT2D eigenvalue weighted by atomic mass is 9.97. The fraction of sp³-hybridized carbons (Fsp3) is 0.647. The third kappa shape index (κ3) is 4.89. The molecule has 0 bridgehead atoms. The van der Waals surface area contributed by atoms with Crippen LogP contribution in [0.4, 0.5) is 0 Å². The van der Waals surface area contributed by atoms with Crippen LogP contribution in [0.25, 0.3) is 0 Å². The summed E-state index contributed by atoms with van der Waals surface area (Å²) < 4.78 is 0. The Morgan fingerprint density at radius 3 is 2.40 bits per heavy atom. The first-order valence-electron chi connectivity index (χ1n) is 7.70. The molecule has 1 aromatic rings. The maximum Gasteiger partial charge on any atom is 0.0942 e. The van der Waals surface area contributed by atoms with Crippen LogP contribution in [0.2, 0.25) is 0 Å². The van der Waals surface area contributed by atoms with Gasteiger partial charge in [-0.15, -0.1) is 0 Å². The monoisotopic (exact) mass is 278 g/mol. The number of aryl methyl sites for hydroxylation is 2. The number of benzene rings is 1. The Balaban J connectivity index is 2.52. The number of aliphatic hydroxyl groups excluding tert-OH is 1. The molecule has 114 valence electrons. The van der Waals surface area contributed by atoms with E-state index in [0.29, 0.717) is 0 Å². The summed E-state index contributed by atoms with van der Waals surface area (Å²) in [5.41, 5.74) is 3.42. The number of rotatable bonds is 8. The molecule has 0 aliphatic rings. The molecule has 1 aromatic carbocycles. The van der Waals surface area contributed by atoms with Crippen LogP contribution in [-0.2, 0) is 0 Å². The van der Waals surface area contributed by atoms with E-state index in [2.05, 4.69) is 50.0 Å². The van der Waals surface area contributed by atoms with Crippen molar-refractivity contribution in [3.05, 3.63) is 34.9 Å². The Morgan fingerprint density at radius 1 is 1.20 bits per heavy atom. The predicted octanol–water partition coefficient (Wildman–Crippen LogP) is 2.66. The number of aliphatic hydroxyl groups is 1. The molecular weight excluding hydrogens is 248 g/mol. The van der Waals surface area contributed by atoms with E-state index < -0.39 is 6.10 Å². The average molecular weight is 278 g/mol. The Bertz CT molecular complexity index is 402. The van der Waals surface area contributed by atoms with Gasteiger partial charge in [0.1, 0.15) is 0 Å². The molecule has 0 amide bonds. The summed E-state index contributed by atoms with van der Waals surface area (Å²) in [4.78, 5) is 2.38. The highest BCUT2D eigenvalue weighted by molar-refractivity contribution is 5.32. The summed E-state index contributed by atoms with van der Waals surface area (Å²) in [7, 11) is 0. The van der Waals surface area contributed by atoms with Crippen molar-refractivity contribution in [3.63, 3.8) is 0 Å². The lowest BCUT2D eigenvalue weighted by molar-refractivity contribution is 0.133. The molecule has 0 radical (unpaired) electrons. The van der Waals surface area contributed by atoms with Crippen molar-refractivity contribution < 1.29 is 5.11 Å². The highest BCUT2D eigenvalue weighted by Gasteiger charge is 2.17. The minimum absolute atomic E-state index is 0.0620. The molecule has 0 heterocycles. The van der Waals surface area contributed by atoms with Gasteiger partial charge < -0.3 is 15.3 Å². The number of hydrogen-bond acceptors (Lipinski definition) is 3.